The van der Waals surface area contributed by atoms with Crippen molar-refractivity contribution in [3.63, 3.8) is 0 Å². The van der Waals surface area contributed by atoms with Gasteiger partial charge in [0.25, 0.3) is 5.56 Å². The first kappa shape index (κ1) is 17.9. The van der Waals surface area contributed by atoms with Crippen LogP contribution in [0.2, 0.25) is 0 Å². The van der Waals surface area contributed by atoms with E-state index in [1.807, 2.05) is 45.0 Å². The Labute approximate surface area is 141 Å². The SMILES string of the molecule is Cc1cc(OC(C=O)CN(C)C)cc(=O)n1[C@H](C)c1ccncc1. The van der Waals surface area contributed by atoms with Gasteiger partial charge in [0.05, 0.1) is 6.04 Å². The van der Waals surface area contributed by atoms with Crippen molar-refractivity contribution < 1.29 is 9.53 Å². The maximum atomic E-state index is 12.5. The lowest BCUT2D eigenvalue weighted by Gasteiger charge is -2.21. The van der Waals surface area contributed by atoms with E-state index in [4.69, 9.17) is 4.74 Å². The van der Waals surface area contributed by atoms with Crippen molar-refractivity contribution in [3.8, 4) is 5.75 Å². The number of rotatable bonds is 7. The highest BCUT2D eigenvalue weighted by molar-refractivity contribution is 5.57. The third kappa shape index (κ3) is 4.29. The average Bonchev–Trinajstić information content (AvgIpc) is 2.53. The molecule has 2 aromatic heterocycles. The van der Waals surface area contributed by atoms with Gasteiger partial charge in [-0.05, 0) is 51.7 Å². The number of hydrogen-bond acceptors (Lipinski definition) is 5. The molecule has 0 aromatic carbocycles. The van der Waals surface area contributed by atoms with Crippen LogP contribution in [0.25, 0.3) is 0 Å². The van der Waals surface area contributed by atoms with Gasteiger partial charge in [0.15, 0.2) is 12.4 Å². The van der Waals surface area contributed by atoms with Crippen LogP contribution in [0, 0.1) is 6.92 Å². The number of likely N-dealkylation sites (N-methyl/N-ethyl adjacent to an activating group) is 1. The van der Waals surface area contributed by atoms with Gasteiger partial charge in [-0.3, -0.25) is 14.6 Å². The van der Waals surface area contributed by atoms with E-state index in [1.54, 1.807) is 23.0 Å². The largest absolute Gasteiger partial charge is 0.481 e. The number of nitrogens with zero attached hydrogens (tertiary/aromatic N) is 3. The third-order valence-corrected chi connectivity index (χ3v) is 3.79. The van der Waals surface area contributed by atoms with Crippen LogP contribution in [0.15, 0.2) is 41.5 Å². The Morgan fingerprint density at radius 1 is 1.29 bits per heavy atom. The molecule has 2 rings (SSSR count). The molecule has 6 heteroatoms. The van der Waals surface area contributed by atoms with Gasteiger partial charge in [-0.25, -0.2) is 0 Å². The van der Waals surface area contributed by atoms with Crippen molar-refractivity contribution in [2.75, 3.05) is 20.6 Å². The van der Waals surface area contributed by atoms with Crippen molar-refractivity contribution in [3.05, 3.63) is 58.3 Å². The predicted octanol–water partition coefficient (Wildman–Crippen LogP) is 1.67. The fourth-order valence-corrected chi connectivity index (χ4v) is 2.68. The molecule has 0 amide bonds. The van der Waals surface area contributed by atoms with Crippen molar-refractivity contribution in [2.24, 2.45) is 0 Å². The summed E-state index contributed by atoms with van der Waals surface area (Å²) in [6.45, 7) is 4.28. The van der Waals surface area contributed by atoms with Gasteiger partial charge >= 0.3 is 0 Å². The number of hydrogen-bond donors (Lipinski definition) is 0. The Morgan fingerprint density at radius 2 is 1.96 bits per heavy atom. The molecule has 0 fully saturated rings. The molecule has 1 unspecified atom stereocenters. The third-order valence-electron chi connectivity index (χ3n) is 3.79. The first-order valence-corrected chi connectivity index (χ1v) is 7.82. The molecule has 6 nitrogen and oxygen atoms in total. The maximum absolute atomic E-state index is 12.5. The topological polar surface area (TPSA) is 64.4 Å². The highest BCUT2D eigenvalue weighted by Gasteiger charge is 2.15. The van der Waals surface area contributed by atoms with Crippen LogP contribution in [0.1, 0.15) is 24.2 Å². The van der Waals surface area contributed by atoms with Gasteiger partial charge in [0, 0.05) is 30.7 Å². The summed E-state index contributed by atoms with van der Waals surface area (Å²) in [5, 5.41) is 0. The molecule has 128 valence electrons. The minimum atomic E-state index is -0.604. The first-order chi connectivity index (χ1) is 11.4. The molecular weight excluding hydrogens is 306 g/mol. The Balaban J connectivity index is 2.28. The molecule has 0 N–H and O–H groups in total. The second-order valence-corrected chi connectivity index (χ2v) is 6.05. The van der Waals surface area contributed by atoms with Crippen molar-refractivity contribution in [2.45, 2.75) is 26.0 Å². The van der Waals surface area contributed by atoms with Crippen molar-refractivity contribution >= 4 is 6.29 Å². The summed E-state index contributed by atoms with van der Waals surface area (Å²) < 4.78 is 7.34. The van der Waals surface area contributed by atoms with Crippen LogP contribution in [0.5, 0.6) is 5.75 Å². The van der Waals surface area contributed by atoms with E-state index < -0.39 is 6.10 Å². The molecule has 2 atom stereocenters. The van der Waals surface area contributed by atoms with E-state index in [0.717, 1.165) is 17.5 Å². The lowest BCUT2D eigenvalue weighted by molar-refractivity contribution is -0.114. The zero-order valence-corrected chi connectivity index (χ0v) is 14.5. The van der Waals surface area contributed by atoms with E-state index in [0.29, 0.717) is 12.3 Å². The minimum absolute atomic E-state index is 0.113. The minimum Gasteiger partial charge on any atom is -0.481 e. The summed E-state index contributed by atoms with van der Waals surface area (Å²) in [5.74, 6) is 0.412. The van der Waals surface area contributed by atoms with Gasteiger partial charge in [0.2, 0.25) is 0 Å². The first-order valence-electron chi connectivity index (χ1n) is 7.82. The number of aldehydes is 1. The van der Waals surface area contributed by atoms with Crippen LogP contribution < -0.4 is 10.3 Å². The standard InChI is InChI=1S/C18H23N3O3/c1-13-9-16(24-17(12-22)11-20(3)4)10-18(23)21(13)14(2)15-5-7-19-8-6-15/h5-10,12,14,17H,11H2,1-4H3/t14-,17?/m1/s1. The summed E-state index contributed by atoms with van der Waals surface area (Å²) in [6, 6.07) is 6.88. The van der Waals surface area contributed by atoms with Crippen LogP contribution in [0.3, 0.4) is 0 Å². The molecule has 0 aliphatic rings. The van der Waals surface area contributed by atoms with E-state index in [-0.39, 0.29) is 11.6 Å². The predicted molar refractivity (Wildman–Crippen MR) is 92.5 cm³/mol. The average molecular weight is 329 g/mol. The molecule has 0 radical (unpaired) electrons. The molecule has 0 spiro atoms. The van der Waals surface area contributed by atoms with E-state index in [1.165, 1.54) is 6.07 Å². The van der Waals surface area contributed by atoms with Gasteiger partial charge < -0.3 is 14.2 Å². The molecule has 2 aromatic rings. The summed E-state index contributed by atoms with van der Waals surface area (Å²) >= 11 is 0. The van der Waals surface area contributed by atoms with E-state index in [2.05, 4.69) is 4.98 Å². The van der Waals surface area contributed by atoms with Crippen LogP contribution in [-0.2, 0) is 4.79 Å². The van der Waals surface area contributed by atoms with Gasteiger partial charge in [0.1, 0.15) is 5.75 Å². The van der Waals surface area contributed by atoms with Crippen LogP contribution >= 0.6 is 0 Å². The Kier molecular flexibility index (Phi) is 5.87. The molecule has 2 heterocycles. The second-order valence-electron chi connectivity index (χ2n) is 6.05. The fourth-order valence-electron chi connectivity index (χ4n) is 2.68. The molecule has 0 aliphatic carbocycles. The molecular formula is C18H23N3O3. The highest BCUT2D eigenvalue weighted by Crippen LogP contribution is 2.20. The number of ether oxygens (including phenoxy) is 1. The number of aromatic nitrogens is 2. The van der Waals surface area contributed by atoms with Crippen molar-refractivity contribution in [1.82, 2.24) is 14.5 Å². The zero-order valence-electron chi connectivity index (χ0n) is 14.5. The Bertz CT molecular complexity index is 741. The molecule has 0 saturated carbocycles. The van der Waals surface area contributed by atoms with Gasteiger partial charge in [-0.15, -0.1) is 0 Å². The number of aryl methyl sites for hydroxylation is 1. The van der Waals surface area contributed by atoms with Crippen LogP contribution in [0.4, 0.5) is 0 Å². The monoisotopic (exact) mass is 329 g/mol. The molecule has 0 bridgehead atoms. The lowest BCUT2D eigenvalue weighted by Crippen LogP contribution is -2.33. The zero-order chi connectivity index (χ0) is 17.7. The smallest absolute Gasteiger partial charge is 0.254 e. The number of carbonyl (C=O) groups excluding carboxylic acids is 1. The quantitative estimate of drug-likeness (QED) is 0.723. The normalized spacial score (nSPS) is 13.5. The van der Waals surface area contributed by atoms with E-state index in [9.17, 15) is 9.59 Å². The van der Waals surface area contributed by atoms with Crippen LogP contribution in [-0.4, -0.2) is 47.5 Å². The molecule has 0 aliphatic heterocycles. The summed E-state index contributed by atoms with van der Waals surface area (Å²) in [4.78, 5) is 29.5. The molecule has 24 heavy (non-hydrogen) atoms. The number of pyridine rings is 2. The number of carbonyl (C=O) groups is 1. The summed E-state index contributed by atoms with van der Waals surface area (Å²) in [5.41, 5.74) is 1.61. The van der Waals surface area contributed by atoms with Gasteiger partial charge in [-0.1, -0.05) is 0 Å². The fraction of sp³-hybridized carbons (Fsp3) is 0.389. The summed E-state index contributed by atoms with van der Waals surface area (Å²) in [6.07, 6.45) is 3.56. The Morgan fingerprint density at radius 3 is 2.50 bits per heavy atom. The second kappa shape index (κ2) is 7.88. The maximum Gasteiger partial charge on any atom is 0.254 e. The Hall–Kier alpha value is -2.47. The lowest BCUT2D eigenvalue weighted by atomic mass is 10.1. The van der Waals surface area contributed by atoms with Crippen molar-refractivity contribution in [1.29, 1.82) is 0 Å². The highest BCUT2D eigenvalue weighted by atomic mass is 16.5. The summed E-state index contributed by atoms with van der Waals surface area (Å²) in [7, 11) is 3.72. The molecule has 0 saturated heterocycles. The van der Waals surface area contributed by atoms with Gasteiger partial charge in [-0.2, -0.15) is 0 Å². The van der Waals surface area contributed by atoms with E-state index >= 15 is 0 Å².